The van der Waals surface area contributed by atoms with Gasteiger partial charge in [-0.3, -0.25) is 14.6 Å². The SMILES string of the molecule is O=C1NC2(CCCCC2)C(=O)N1CN1CCN(C/C=C/c2ccccc2)CC1. The summed E-state index contributed by atoms with van der Waals surface area (Å²) in [5.41, 5.74) is 0.607. The lowest BCUT2D eigenvalue weighted by atomic mass is 9.82. The molecule has 1 aromatic carbocycles. The van der Waals surface area contributed by atoms with Crippen LogP contribution in [0, 0.1) is 0 Å². The number of imide groups is 1. The second-order valence-electron chi connectivity index (χ2n) is 8.18. The Morgan fingerprint density at radius 1 is 0.929 bits per heavy atom. The molecule has 3 amide bonds. The average molecular weight is 383 g/mol. The zero-order chi connectivity index (χ0) is 19.4. The molecule has 6 heteroatoms. The van der Waals surface area contributed by atoms with E-state index in [9.17, 15) is 9.59 Å². The maximum Gasteiger partial charge on any atom is 0.326 e. The lowest BCUT2D eigenvalue weighted by Gasteiger charge is -2.36. The van der Waals surface area contributed by atoms with Gasteiger partial charge in [0.1, 0.15) is 5.54 Å². The normalized spacial score (nSPS) is 23.6. The van der Waals surface area contributed by atoms with E-state index >= 15 is 0 Å². The van der Waals surface area contributed by atoms with Gasteiger partial charge in [-0.2, -0.15) is 0 Å². The maximum atomic E-state index is 12.9. The van der Waals surface area contributed by atoms with Gasteiger partial charge < -0.3 is 5.32 Å². The van der Waals surface area contributed by atoms with Crippen LogP contribution in [0.1, 0.15) is 37.7 Å². The first-order valence-corrected chi connectivity index (χ1v) is 10.5. The highest BCUT2D eigenvalue weighted by Gasteiger charge is 2.51. The molecule has 0 aromatic heterocycles. The molecule has 2 saturated heterocycles. The highest BCUT2D eigenvalue weighted by atomic mass is 16.2. The van der Waals surface area contributed by atoms with Crippen LogP contribution in [-0.2, 0) is 4.79 Å². The number of benzene rings is 1. The summed E-state index contributed by atoms with van der Waals surface area (Å²) in [5, 5.41) is 3.00. The van der Waals surface area contributed by atoms with Crippen molar-refractivity contribution < 1.29 is 9.59 Å². The van der Waals surface area contributed by atoms with Crippen molar-refractivity contribution in [2.75, 3.05) is 39.4 Å². The molecule has 4 rings (SSSR count). The summed E-state index contributed by atoms with van der Waals surface area (Å²) >= 11 is 0. The molecular weight excluding hydrogens is 352 g/mol. The average Bonchev–Trinajstić information content (AvgIpc) is 2.94. The van der Waals surface area contributed by atoms with Crippen molar-refractivity contribution in [1.29, 1.82) is 0 Å². The van der Waals surface area contributed by atoms with Crippen LogP contribution < -0.4 is 5.32 Å². The van der Waals surface area contributed by atoms with Crippen LogP contribution in [0.2, 0.25) is 0 Å². The summed E-state index contributed by atoms with van der Waals surface area (Å²) < 4.78 is 0. The van der Waals surface area contributed by atoms with E-state index in [4.69, 9.17) is 0 Å². The third kappa shape index (κ3) is 4.13. The van der Waals surface area contributed by atoms with Gasteiger partial charge in [0.15, 0.2) is 0 Å². The number of piperazine rings is 1. The largest absolute Gasteiger partial charge is 0.326 e. The fraction of sp³-hybridized carbons (Fsp3) is 0.545. The molecule has 3 fully saturated rings. The predicted molar refractivity (Wildman–Crippen MR) is 110 cm³/mol. The highest BCUT2D eigenvalue weighted by Crippen LogP contribution is 2.33. The number of amides is 3. The molecular formula is C22H30N4O2. The molecule has 2 heterocycles. The van der Waals surface area contributed by atoms with Crippen LogP contribution >= 0.6 is 0 Å². The summed E-state index contributed by atoms with van der Waals surface area (Å²) in [7, 11) is 0. The molecule has 0 bridgehead atoms. The fourth-order valence-corrected chi connectivity index (χ4v) is 4.51. The molecule has 28 heavy (non-hydrogen) atoms. The number of rotatable bonds is 5. The van der Waals surface area contributed by atoms with Gasteiger partial charge in [0.05, 0.1) is 6.67 Å². The Labute approximate surface area is 167 Å². The topological polar surface area (TPSA) is 55.9 Å². The lowest BCUT2D eigenvalue weighted by Crippen LogP contribution is -2.52. The van der Waals surface area contributed by atoms with Crippen molar-refractivity contribution in [3.63, 3.8) is 0 Å². The monoisotopic (exact) mass is 382 g/mol. The van der Waals surface area contributed by atoms with Crippen molar-refractivity contribution in [2.45, 2.75) is 37.6 Å². The smallest absolute Gasteiger partial charge is 0.323 e. The van der Waals surface area contributed by atoms with Crippen molar-refractivity contribution in [1.82, 2.24) is 20.0 Å². The number of hydrogen-bond acceptors (Lipinski definition) is 4. The minimum absolute atomic E-state index is 0.00887. The molecule has 0 unspecified atom stereocenters. The minimum Gasteiger partial charge on any atom is -0.323 e. The number of nitrogens with zero attached hydrogens (tertiary/aromatic N) is 3. The molecule has 6 nitrogen and oxygen atoms in total. The van der Waals surface area contributed by atoms with Crippen LogP contribution in [-0.4, -0.2) is 71.6 Å². The van der Waals surface area contributed by atoms with Crippen LogP contribution in [0.4, 0.5) is 4.79 Å². The molecule has 1 aromatic rings. The molecule has 2 aliphatic heterocycles. The molecule has 150 valence electrons. The number of carbonyl (C=O) groups is 2. The number of urea groups is 1. The van der Waals surface area contributed by atoms with Gasteiger partial charge in [-0.15, -0.1) is 0 Å². The van der Waals surface area contributed by atoms with Gasteiger partial charge in [-0.1, -0.05) is 61.7 Å². The zero-order valence-electron chi connectivity index (χ0n) is 16.5. The molecule has 1 aliphatic carbocycles. The van der Waals surface area contributed by atoms with E-state index in [0.29, 0.717) is 6.67 Å². The molecule has 0 atom stereocenters. The number of nitrogens with one attached hydrogen (secondary N) is 1. The van der Waals surface area contributed by atoms with Gasteiger partial charge in [-0.05, 0) is 18.4 Å². The maximum absolute atomic E-state index is 12.9. The Bertz CT molecular complexity index is 719. The van der Waals surface area contributed by atoms with E-state index < -0.39 is 5.54 Å². The predicted octanol–water partition coefficient (Wildman–Crippen LogP) is 2.53. The third-order valence-electron chi connectivity index (χ3n) is 6.23. The Balaban J connectivity index is 1.25. The molecule has 0 radical (unpaired) electrons. The van der Waals surface area contributed by atoms with Crippen LogP contribution in [0.25, 0.3) is 6.08 Å². The highest BCUT2D eigenvalue weighted by molar-refractivity contribution is 6.07. The second kappa shape index (κ2) is 8.45. The van der Waals surface area contributed by atoms with E-state index in [-0.39, 0.29) is 11.9 Å². The Morgan fingerprint density at radius 2 is 1.61 bits per heavy atom. The van der Waals surface area contributed by atoms with Crippen molar-refractivity contribution >= 4 is 18.0 Å². The second-order valence-corrected chi connectivity index (χ2v) is 8.18. The van der Waals surface area contributed by atoms with Crippen molar-refractivity contribution in [2.24, 2.45) is 0 Å². The van der Waals surface area contributed by atoms with Gasteiger partial charge >= 0.3 is 6.03 Å². The lowest BCUT2D eigenvalue weighted by molar-refractivity contribution is -0.134. The molecule has 1 saturated carbocycles. The zero-order valence-corrected chi connectivity index (χ0v) is 16.5. The van der Waals surface area contributed by atoms with Gasteiger partial charge in [-0.25, -0.2) is 9.69 Å². The van der Waals surface area contributed by atoms with E-state index in [0.717, 1.165) is 64.8 Å². The van der Waals surface area contributed by atoms with Crippen LogP contribution in [0.15, 0.2) is 36.4 Å². The van der Waals surface area contributed by atoms with E-state index in [1.54, 1.807) is 0 Å². The first-order chi connectivity index (χ1) is 13.7. The Kier molecular flexibility index (Phi) is 5.78. The van der Waals surface area contributed by atoms with Crippen LogP contribution in [0.3, 0.4) is 0 Å². The van der Waals surface area contributed by atoms with E-state index in [2.05, 4.69) is 39.4 Å². The Morgan fingerprint density at radius 3 is 2.32 bits per heavy atom. The van der Waals surface area contributed by atoms with Crippen LogP contribution in [0.5, 0.6) is 0 Å². The first kappa shape index (κ1) is 19.2. The molecule has 1 N–H and O–H groups in total. The van der Waals surface area contributed by atoms with Gasteiger partial charge in [0.2, 0.25) is 0 Å². The minimum atomic E-state index is -0.612. The summed E-state index contributed by atoms with van der Waals surface area (Å²) in [4.78, 5) is 31.4. The fourth-order valence-electron chi connectivity index (χ4n) is 4.51. The summed E-state index contributed by atoms with van der Waals surface area (Å²) in [5.74, 6) is -0.00887. The first-order valence-electron chi connectivity index (χ1n) is 10.5. The quantitative estimate of drug-likeness (QED) is 0.795. The van der Waals surface area contributed by atoms with E-state index in [1.165, 1.54) is 10.5 Å². The molecule has 1 spiro atoms. The molecule has 3 aliphatic rings. The third-order valence-corrected chi connectivity index (χ3v) is 6.23. The standard InChI is InChI=1S/C22H30N4O2/c27-20-22(11-5-2-6-12-22)23-21(28)26(20)18-25-16-14-24(15-17-25)13-7-10-19-8-3-1-4-9-19/h1,3-4,7-10H,2,5-6,11-18H2,(H,23,28)/b10-7+. The summed E-state index contributed by atoms with van der Waals surface area (Å²) in [6.07, 6.45) is 9.14. The number of hydrogen-bond donors (Lipinski definition) is 1. The van der Waals surface area contributed by atoms with Crippen molar-refractivity contribution in [3.8, 4) is 0 Å². The van der Waals surface area contributed by atoms with E-state index in [1.807, 2.05) is 18.2 Å². The Hall–Kier alpha value is -2.18. The van der Waals surface area contributed by atoms with Crippen molar-refractivity contribution in [3.05, 3.63) is 42.0 Å². The number of carbonyl (C=O) groups excluding carboxylic acids is 2. The van der Waals surface area contributed by atoms with Gasteiger partial charge in [0.25, 0.3) is 5.91 Å². The summed E-state index contributed by atoms with van der Waals surface area (Å²) in [6, 6.07) is 10.1. The summed E-state index contributed by atoms with van der Waals surface area (Å²) in [6.45, 7) is 5.00. The van der Waals surface area contributed by atoms with Gasteiger partial charge in [0, 0.05) is 32.7 Å².